The van der Waals surface area contributed by atoms with E-state index in [1.165, 1.54) is 18.4 Å². The molecule has 0 radical (unpaired) electrons. The Hall–Kier alpha value is -3.65. The molecule has 0 aliphatic heterocycles. The van der Waals surface area contributed by atoms with E-state index in [9.17, 15) is 9.59 Å². The number of thiophene rings is 1. The largest absolute Gasteiger partial charge is 0.495 e. The zero-order chi connectivity index (χ0) is 21.1. The van der Waals surface area contributed by atoms with Crippen LogP contribution in [0.1, 0.15) is 43.3 Å². The molecule has 3 aromatic heterocycles. The lowest BCUT2D eigenvalue weighted by Crippen LogP contribution is -2.23. The van der Waals surface area contributed by atoms with Crippen LogP contribution < -0.4 is 10.1 Å². The molecule has 0 unspecified atom stereocenters. The first kappa shape index (κ1) is 19.7. The third kappa shape index (κ3) is 3.90. The van der Waals surface area contributed by atoms with Crippen LogP contribution in [0.25, 0.3) is 23.1 Å². The van der Waals surface area contributed by atoms with Gasteiger partial charge in [-0.05, 0) is 55.5 Å². The number of aromatic amines is 1. The van der Waals surface area contributed by atoms with Gasteiger partial charge in [-0.2, -0.15) is 5.10 Å². The standard InChI is InChI=1S/C22H19N3O4S/c1-13(26)19-10-6-15(30-19)5-8-17-20-18(25-24-17)9-7-16(21(20)28-2)22(27)23-12-14-4-3-11-29-14/h3-11H,12H2,1-2H3,(H,23,27)(H,24,25)/b8-5+. The fourth-order valence-electron chi connectivity index (χ4n) is 3.09. The molecular weight excluding hydrogens is 402 g/mol. The summed E-state index contributed by atoms with van der Waals surface area (Å²) in [6, 6.07) is 10.7. The van der Waals surface area contributed by atoms with E-state index in [0.717, 1.165) is 4.88 Å². The van der Waals surface area contributed by atoms with E-state index in [2.05, 4.69) is 15.5 Å². The van der Waals surface area contributed by atoms with Crippen molar-refractivity contribution >= 4 is 46.1 Å². The minimum Gasteiger partial charge on any atom is -0.495 e. The predicted molar refractivity (Wildman–Crippen MR) is 116 cm³/mol. The van der Waals surface area contributed by atoms with Gasteiger partial charge in [-0.15, -0.1) is 11.3 Å². The zero-order valence-electron chi connectivity index (χ0n) is 16.4. The first-order valence-corrected chi connectivity index (χ1v) is 10.0. The van der Waals surface area contributed by atoms with Gasteiger partial charge < -0.3 is 14.5 Å². The second-order valence-electron chi connectivity index (χ2n) is 6.53. The minimum absolute atomic E-state index is 0.0403. The molecule has 0 saturated heterocycles. The maximum atomic E-state index is 12.7. The van der Waals surface area contributed by atoms with Crippen molar-refractivity contribution in [2.45, 2.75) is 13.5 Å². The maximum absolute atomic E-state index is 12.7. The number of nitrogens with one attached hydrogen (secondary N) is 2. The highest BCUT2D eigenvalue weighted by atomic mass is 32.1. The minimum atomic E-state index is -0.273. The number of ketones is 1. The van der Waals surface area contributed by atoms with E-state index >= 15 is 0 Å². The van der Waals surface area contributed by atoms with Crippen molar-refractivity contribution in [1.29, 1.82) is 0 Å². The summed E-state index contributed by atoms with van der Waals surface area (Å²) < 4.78 is 10.8. The number of carbonyl (C=O) groups excluding carboxylic acids is 2. The van der Waals surface area contributed by atoms with Crippen LogP contribution in [0.5, 0.6) is 5.75 Å². The Bertz CT molecular complexity index is 1230. The summed E-state index contributed by atoms with van der Waals surface area (Å²) in [6.07, 6.45) is 5.32. The number of ether oxygens (including phenoxy) is 1. The maximum Gasteiger partial charge on any atom is 0.255 e. The quantitative estimate of drug-likeness (QED) is 0.427. The van der Waals surface area contributed by atoms with Crippen LogP contribution >= 0.6 is 11.3 Å². The number of carbonyl (C=O) groups is 2. The van der Waals surface area contributed by atoms with E-state index in [-0.39, 0.29) is 18.2 Å². The normalized spacial score (nSPS) is 11.3. The molecule has 152 valence electrons. The summed E-state index contributed by atoms with van der Waals surface area (Å²) >= 11 is 1.42. The number of furan rings is 1. The molecule has 4 aromatic rings. The van der Waals surface area contributed by atoms with Crippen LogP contribution in [0.4, 0.5) is 0 Å². The molecule has 0 saturated carbocycles. The van der Waals surface area contributed by atoms with Crippen molar-refractivity contribution in [2.24, 2.45) is 0 Å². The number of hydrogen-bond donors (Lipinski definition) is 2. The highest BCUT2D eigenvalue weighted by molar-refractivity contribution is 7.14. The highest BCUT2D eigenvalue weighted by Crippen LogP contribution is 2.32. The molecule has 0 aliphatic carbocycles. The molecule has 0 aliphatic rings. The number of benzene rings is 1. The van der Waals surface area contributed by atoms with E-state index in [0.29, 0.717) is 38.5 Å². The Labute approximate surface area is 176 Å². The lowest BCUT2D eigenvalue weighted by molar-refractivity contribution is 0.0944. The van der Waals surface area contributed by atoms with Crippen LogP contribution in [0.3, 0.4) is 0 Å². The Kier molecular flexibility index (Phi) is 5.49. The van der Waals surface area contributed by atoms with Crippen LogP contribution in [0, 0.1) is 0 Å². The third-order valence-electron chi connectivity index (χ3n) is 4.54. The van der Waals surface area contributed by atoms with Gasteiger partial charge in [-0.1, -0.05) is 0 Å². The van der Waals surface area contributed by atoms with Gasteiger partial charge in [0.25, 0.3) is 5.91 Å². The fourth-order valence-corrected chi connectivity index (χ4v) is 3.89. The SMILES string of the molecule is COc1c(C(=O)NCc2ccco2)ccc2n[nH]c(/C=C/c3ccc(C(C)=O)s3)c12. The van der Waals surface area contributed by atoms with Crippen molar-refractivity contribution in [3.63, 3.8) is 0 Å². The Morgan fingerprint density at radius 1 is 1.23 bits per heavy atom. The number of fused-ring (bicyclic) bond motifs is 1. The van der Waals surface area contributed by atoms with Crippen LogP contribution in [0.2, 0.25) is 0 Å². The monoisotopic (exact) mass is 421 g/mol. The summed E-state index contributed by atoms with van der Waals surface area (Å²) in [5.74, 6) is 0.869. The predicted octanol–water partition coefficient (Wildman–Crippen LogP) is 4.53. The molecule has 7 nitrogen and oxygen atoms in total. The number of rotatable bonds is 7. The Morgan fingerprint density at radius 2 is 2.10 bits per heavy atom. The van der Waals surface area contributed by atoms with E-state index in [1.54, 1.807) is 43.5 Å². The van der Waals surface area contributed by atoms with Gasteiger partial charge in [-0.25, -0.2) is 0 Å². The van der Waals surface area contributed by atoms with Gasteiger partial charge in [0.05, 0.1) is 47.0 Å². The summed E-state index contributed by atoms with van der Waals surface area (Å²) in [7, 11) is 1.52. The molecule has 2 N–H and O–H groups in total. The molecule has 3 heterocycles. The van der Waals surface area contributed by atoms with Gasteiger partial charge in [-0.3, -0.25) is 14.7 Å². The summed E-state index contributed by atoms with van der Waals surface area (Å²) in [5.41, 5.74) is 1.80. The molecule has 4 rings (SSSR count). The first-order valence-electron chi connectivity index (χ1n) is 9.21. The number of hydrogen-bond acceptors (Lipinski definition) is 6. The van der Waals surface area contributed by atoms with Crippen molar-refractivity contribution in [2.75, 3.05) is 7.11 Å². The van der Waals surface area contributed by atoms with Gasteiger partial charge in [0.2, 0.25) is 0 Å². The second kappa shape index (κ2) is 8.38. The third-order valence-corrected chi connectivity index (χ3v) is 5.69. The summed E-state index contributed by atoms with van der Waals surface area (Å²) in [4.78, 5) is 25.9. The van der Waals surface area contributed by atoms with Crippen molar-refractivity contribution < 1.29 is 18.7 Å². The average molecular weight is 421 g/mol. The smallest absolute Gasteiger partial charge is 0.255 e. The number of H-pyrrole nitrogens is 1. The second-order valence-corrected chi connectivity index (χ2v) is 7.65. The topological polar surface area (TPSA) is 97.2 Å². The number of aromatic nitrogens is 2. The number of Topliss-reactive ketones (excluding diaryl/α,β-unsaturated/α-hetero) is 1. The first-order chi connectivity index (χ1) is 14.6. The van der Waals surface area contributed by atoms with Gasteiger partial charge in [0.15, 0.2) is 5.78 Å². The molecule has 30 heavy (non-hydrogen) atoms. The Balaban J connectivity index is 1.64. The van der Waals surface area contributed by atoms with E-state index < -0.39 is 0 Å². The van der Waals surface area contributed by atoms with Crippen molar-refractivity contribution in [1.82, 2.24) is 15.5 Å². The highest BCUT2D eigenvalue weighted by Gasteiger charge is 2.19. The Morgan fingerprint density at radius 3 is 2.80 bits per heavy atom. The molecule has 1 amide bonds. The molecule has 0 spiro atoms. The molecule has 0 bridgehead atoms. The average Bonchev–Trinajstić information content (AvgIpc) is 3.50. The lowest BCUT2D eigenvalue weighted by atomic mass is 10.1. The van der Waals surface area contributed by atoms with Crippen LogP contribution in [0.15, 0.2) is 47.1 Å². The number of methoxy groups -OCH3 is 1. The zero-order valence-corrected chi connectivity index (χ0v) is 17.2. The molecular formula is C22H19N3O4S. The van der Waals surface area contributed by atoms with E-state index in [1.807, 2.05) is 18.2 Å². The van der Waals surface area contributed by atoms with Gasteiger partial charge in [0.1, 0.15) is 11.5 Å². The van der Waals surface area contributed by atoms with Gasteiger partial charge >= 0.3 is 0 Å². The molecule has 0 fully saturated rings. The number of nitrogens with zero attached hydrogens (tertiary/aromatic N) is 1. The van der Waals surface area contributed by atoms with E-state index in [4.69, 9.17) is 9.15 Å². The van der Waals surface area contributed by atoms with Crippen molar-refractivity contribution in [3.05, 3.63) is 69.4 Å². The lowest BCUT2D eigenvalue weighted by Gasteiger charge is -2.10. The molecule has 0 atom stereocenters. The molecule has 1 aromatic carbocycles. The summed E-state index contributed by atoms with van der Waals surface area (Å²) in [6.45, 7) is 1.83. The van der Waals surface area contributed by atoms with Crippen molar-refractivity contribution in [3.8, 4) is 5.75 Å². The van der Waals surface area contributed by atoms with Crippen LogP contribution in [-0.4, -0.2) is 29.0 Å². The molecule has 8 heteroatoms. The fraction of sp³-hybridized carbons (Fsp3) is 0.136. The van der Waals surface area contributed by atoms with Gasteiger partial charge in [0, 0.05) is 4.88 Å². The number of amides is 1. The summed E-state index contributed by atoms with van der Waals surface area (Å²) in [5, 5.41) is 10.8. The van der Waals surface area contributed by atoms with Crippen LogP contribution in [-0.2, 0) is 6.54 Å².